The maximum absolute atomic E-state index is 5.21. The third kappa shape index (κ3) is 22.7. The largest absolute Gasteiger partial charge is 0.392 e. The molecule has 0 saturated heterocycles. The van der Waals surface area contributed by atoms with Crippen molar-refractivity contribution in [1.29, 1.82) is 0 Å². The average molecular weight is 567 g/mol. The number of hydrogen-bond acceptors (Lipinski definition) is 8. The number of hydrogen-bond donors (Lipinski definition) is 6. The maximum atomic E-state index is 5.21. The second-order valence-electron chi connectivity index (χ2n) is 8.83. The Morgan fingerprint density at radius 1 is 1.02 bits per heavy atom. The third-order valence-corrected chi connectivity index (χ3v) is 5.37. The summed E-state index contributed by atoms with van der Waals surface area (Å²) < 4.78 is 0. The van der Waals surface area contributed by atoms with Crippen molar-refractivity contribution in [2.75, 3.05) is 25.9 Å². The molecule has 2 atom stereocenters. The van der Waals surface area contributed by atoms with E-state index in [4.69, 9.17) is 5.73 Å². The summed E-state index contributed by atoms with van der Waals surface area (Å²) in [6.45, 7) is 24.0. The van der Waals surface area contributed by atoms with Gasteiger partial charge in [0.2, 0.25) is 0 Å². The molecule has 4 rings (SSSR count). The van der Waals surface area contributed by atoms with E-state index in [2.05, 4.69) is 73.2 Å². The van der Waals surface area contributed by atoms with Gasteiger partial charge < -0.3 is 31.7 Å². The molecule has 0 aliphatic carbocycles. The lowest BCUT2D eigenvalue weighted by molar-refractivity contribution is 0.601. The van der Waals surface area contributed by atoms with Gasteiger partial charge in [-0.05, 0) is 68.2 Å². The predicted molar refractivity (Wildman–Crippen MR) is 182 cm³/mol. The van der Waals surface area contributed by atoms with Crippen LogP contribution in [0.1, 0.15) is 100 Å². The number of imidazole rings is 2. The molecule has 0 fully saturated rings. The molecule has 2 aliphatic rings. The third-order valence-electron chi connectivity index (χ3n) is 5.37. The molecule has 2 aromatic heterocycles. The van der Waals surface area contributed by atoms with Gasteiger partial charge in [-0.25, -0.2) is 9.97 Å². The number of nitrogen functional groups attached to an aromatic ring is 1. The summed E-state index contributed by atoms with van der Waals surface area (Å²) in [5, 5.41) is 9.27. The molecular weight excluding hydrogens is 500 g/mol. The number of nitrogens with zero attached hydrogens (tertiary/aromatic N) is 4. The second kappa shape index (κ2) is 26.0. The van der Waals surface area contributed by atoms with Crippen molar-refractivity contribution in [3.63, 3.8) is 0 Å². The van der Waals surface area contributed by atoms with Crippen molar-refractivity contribution < 1.29 is 0 Å². The maximum Gasteiger partial charge on any atom is 0.197 e. The van der Waals surface area contributed by atoms with Gasteiger partial charge in [0, 0.05) is 49.5 Å². The number of anilines is 1. The zero-order valence-corrected chi connectivity index (χ0v) is 24.1. The van der Waals surface area contributed by atoms with Crippen LogP contribution >= 0.6 is 0 Å². The Morgan fingerprint density at radius 2 is 1.62 bits per heavy atom. The number of H-pyrrole nitrogens is 2. The van der Waals surface area contributed by atoms with Gasteiger partial charge in [0.05, 0.1) is 23.4 Å². The van der Waals surface area contributed by atoms with Crippen LogP contribution in [0.4, 0.5) is 5.95 Å². The number of allylic oxidation sites excluding steroid dienone is 1. The summed E-state index contributed by atoms with van der Waals surface area (Å²) in [6.07, 6.45) is 3.91. The zero-order valence-electron chi connectivity index (χ0n) is 24.1. The minimum Gasteiger partial charge on any atom is -0.392 e. The highest BCUT2D eigenvalue weighted by molar-refractivity contribution is 5.81. The van der Waals surface area contributed by atoms with Crippen LogP contribution in [0.2, 0.25) is 0 Å². The number of nitrogens with one attached hydrogen (secondary N) is 5. The predicted octanol–water partition coefficient (Wildman–Crippen LogP) is 6.49. The number of rotatable bonds is 2. The fourth-order valence-corrected chi connectivity index (χ4v) is 2.89. The monoisotopic (exact) mass is 567 g/mol. The molecule has 0 saturated carbocycles. The quantitative estimate of drug-likeness (QED) is 0.245. The van der Waals surface area contributed by atoms with Gasteiger partial charge in [0.1, 0.15) is 5.82 Å². The molecule has 10 nitrogen and oxygen atoms in total. The molecular formula is C30H66N10. The molecule has 0 spiro atoms. The Labute approximate surface area is 247 Å². The first-order chi connectivity index (χ1) is 16.9. The highest BCUT2D eigenvalue weighted by atomic mass is 15.1. The van der Waals surface area contributed by atoms with E-state index in [0.717, 1.165) is 54.1 Å². The minimum absolute atomic E-state index is 0. The molecule has 0 bridgehead atoms. The molecule has 0 amide bonds. The Bertz CT molecular complexity index is 898. The lowest BCUT2D eigenvalue weighted by Gasteiger charge is -2.08. The molecule has 7 N–H and O–H groups in total. The van der Waals surface area contributed by atoms with Crippen LogP contribution in [0.15, 0.2) is 28.5 Å². The minimum atomic E-state index is 0. The average Bonchev–Trinajstić information content (AvgIpc) is 3.46. The van der Waals surface area contributed by atoms with E-state index in [-0.39, 0.29) is 29.7 Å². The van der Waals surface area contributed by atoms with Gasteiger partial charge in [0.15, 0.2) is 5.95 Å². The van der Waals surface area contributed by atoms with E-state index in [1.54, 1.807) is 6.20 Å². The zero-order chi connectivity index (χ0) is 27.7. The highest BCUT2D eigenvalue weighted by Crippen LogP contribution is 2.04. The van der Waals surface area contributed by atoms with Crippen LogP contribution in [-0.2, 0) is 0 Å². The number of amidine groups is 2. The molecule has 2 unspecified atom stereocenters. The van der Waals surface area contributed by atoms with Crippen LogP contribution in [0, 0.1) is 27.7 Å². The molecule has 2 aliphatic heterocycles. The number of aromatic amines is 2. The topological polar surface area (TPSA) is 144 Å². The fraction of sp³-hybridized carbons (Fsp3) is 0.667. The van der Waals surface area contributed by atoms with E-state index in [1.165, 1.54) is 12.1 Å². The lowest BCUT2D eigenvalue weighted by Crippen LogP contribution is -2.28. The summed E-state index contributed by atoms with van der Waals surface area (Å²) in [7, 11) is 1.88. The number of aliphatic imine (C=N–C) groups is 2. The highest BCUT2D eigenvalue weighted by Gasteiger charge is 2.16. The number of aryl methyl sites for hydroxylation is 4. The number of nitrogens with two attached hydrogens (primary N) is 1. The van der Waals surface area contributed by atoms with Gasteiger partial charge >= 0.3 is 0 Å². The van der Waals surface area contributed by atoms with E-state index < -0.39 is 0 Å². The summed E-state index contributed by atoms with van der Waals surface area (Å²) in [5.74, 6) is 3.65. The van der Waals surface area contributed by atoms with Crippen molar-refractivity contribution in [3.05, 3.63) is 41.4 Å². The van der Waals surface area contributed by atoms with Crippen molar-refractivity contribution in [2.45, 2.75) is 117 Å². The van der Waals surface area contributed by atoms with Crippen LogP contribution in [0.3, 0.4) is 0 Å². The van der Waals surface area contributed by atoms with Crippen molar-refractivity contribution in [2.24, 2.45) is 9.98 Å². The molecule has 0 aromatic carbocycles. The van der Waals surface area contributed by atoms with E-state index in [0.29, 0.717) is 18.0 Å². The Morgan fingerprint density at radius 3 is 1.75 bits per heavy atom. The molecule has 40 heavy (non-hydrogen) atoms. The van der Waals surface area contributed by atoms with Crippen molar-refractivity contribution in [1.82, 2.24) is 35.9 Å². The van der Waals surface area contributed by atoms with E-state index >= 15 is 0 Å². The van der Waals surface area contributed by atoms with Gasteiger partial charge in [-0.1, -0.05) is 43.2 Å². The Hall–Kier alpha value is -3.30. The Kier molecular flexibility index (Phi) is 30.2. The first-order valence-corrected chi connectivity index (χ1v) is 12.6. The first kappa shape index (κ1) is 46.5. The molecule has 4 heterocycles. The van der Waals surface area contributed by atoms with Crippen LogP contribution in [-0.4, -0.2) is 63.8 Å². The molecule has 2 aromatic rings. The van der Waals surface area contributed by atoms with Gasteiger partial charge in [-0.2, -0.15) is 0 Å². The summed E-state index contributed by atoms with van der Waals surface area (Å²) >= 11 is 0. The fourth-order valence-electron chi connectivity index (χ4n) is 2.89. The van der Waals surface area contributed by atoms with Crippen LogP contribution in [0.25, 0.3) is 0 Å². The normalized spacial score (nSPS) is 15.7. The number of aromatic nitrogens is 4. The summed E-state index contributed by atoms with van der Waals surface area (Å²) in [6, 6.07) is 1.00. The van der Waals surface area contributed by atoms with Gasteiger partial charge in [-0.15, -0.1) is 0 Å². The van der Waals surface area contributed by atoms with E-state index in [9.17, 15) is 0 Å². The van der Waals surface area contributed by atoms with Crippen molar-refractivity contribution in [3.8, 4) is 0 Å². The second-order valence-corrected chi connectivity index (χ2v) is 8.83. The Balaban J connectivity index is -0.000000125. The summed E-state index contributed by atoms with van der Waals surface area (Å²) in [5.41, 5.74) is 9.57. The molecule has 236 valence electrons. The lowest BCUT2D eigenvalue weighted by atomic mass is 10.2. The molecule has 0 radical (unpaired) electrons. The van der Waals surface area contributed by atoms with E-state index in [1.807, 2.05) is 48.6 Å². The van der Waals surface area contributed by atoms with Crippen LogP contribution in [0.5, 0.6) is 0 Å². The first-order valence-electron chi connectivity index (χ1n) is 12.6. The standard InChI is InChI=1S/C6H12N2.C6H10N2.C5H10N2.C5H11N.C4H7N3.4CH4/c2*1-4-5(2)8-6(3)7-4;1-5-6-3-2-4-7-5;1-4-5(2)6-3;1-3-2-6-4(5)7-3;;;;/h4-5H,1-3H3,(H,7,8);1-3H3,(H,7,8);2-4H2,1H3,(H,6,7);6H,2,4H2,1,3H3;2H,1H3,(H3,5,6,7);4*1H4. The SMILES string of the molecule is C.C.C.C.C=C(CC)NC.CC1=NC(C)C(C)N1.CC1=NCCCN1.Cc1cnc(N)[nH]1.Cc1nc(C)c(C)[nH]1. The van der Waals surface area contributed by atoms with Gasteiger partial charge in [-0.3, -0.25) is 9.98 Å². The van der Waals surface area contributed by atoms with Gasteiger partial charge in [0.25, 0.3) is 0 Å². The smallest absolute Gasteiger partial charge is 0.197 e. The summed E-state index contributed by atoms with van der Waals surface area (Å²) in [4.78, 5) is 22.2. The molecule has 10 heteroatoms. The van der Waals surface area contributed by atoms with Crippen molar-refractivity contribution >= 4 is 17.6 Å². The van der Waals surface area contributed by atoms with Crippen LogP contribution < -0.4 is 21.7 Å².